The molecule has 136 valence electrons. The van der Waals surface area contributed by atoms with Crippen LogP contribution in [0, 0.1) is 0 Å². The summed E-state index contributed by atoms with van der Waals surface area (Å²) in [4.78, 5) is 16.5. The van der Waals surface area contributed by atoms with Crippen molar-refractivity contribution in [3.8, 4) is 0 Å². The molecule has 2 aromatic rings. The quantitative estimate of drug-likeness (QED) is 0.917. The Labute approximate surface area is 155 Å². The maximum absolute atomic E-state index is 6.01. The van der Waals surface area contributed by atoms with E-state index in [1.54, 1.807) is 0 Å². The lowest BCUT2D eigenvalue weighted by molar-refractivity contribution is 0.344. The predicted molar refractivity (Wildman–Crippen MR) is 102 cm³/mol. The molecular formula is C21H27N5. The molecule has 0 atom stereocenters. The SMILES string of the molecule is NC1CC(c2cc(N3CCC(c4ccncc4)CC3)nc(C3CC3)n2)C1. The molecule has 0 amide bonds. The van der Waals surface area contributed by atoms with Crippen molar-refractivity contribution in [2.75, 3.05) is 18.0 Å². The summed E-state index contributed by atoms with van der Waals surface area (Å²) < 4.78 is 0. The highest BCUT2D eigenvalue weighted by atomic mass is 15.2. The summed E-state index contributed by atoms with van der Waals surface area (Å²) in [6.07, 6.45) is 10.8. The molecule has 5 nitrogen and oxygen atoms in total. The summed E-state index contributed by atoms with van der Waals surface area (Å²) in [7, 11) is 0. The standard InChI is InChI=1S/C21H27N5/c22-18-11-17(12-18)19-13-20(25-21(24-19)16-1-2-16)26-9-5-15(6-10-26)14-3-7-23-8-4-14/h3-4,7-8,13,15-18H,1-2,5-6,9-12,22H2. The number of anilines is 1. The largest absolute Gasteiger partial charge is 0.356 e. The molecule has 5 rings (SSSR count). The highest BCUT2D eigenvalue weighted by Crippen LogP contribution is 2.42. The molecule has 2 saturated carbocycles. The zero-order chi connectivity index (χ0) is 17.5. The molecule has 3 aliphatic rings. The summed E-state index contributed by atoms with van der Waals surface area (Å²) in [5.41, 5.74) is 8.66. The molecule has 0 radical (unpaired) electrons. The Morgan fingerprint density at radius 2 is 1.62 bits per heavy atom. The van der Waals surface area contributed by atoms with Gasteiger partial charge in [0.1, 0.15) is 11.6 Å². The van der Waals surface area contributed by atoms with Gasteiger partial charge >= 0.3 is 0 Å². The minimum atomic E-state index is 0.360. The lowest BCUT2D eigenvalue weighted by atomic mass is 9.78. The number of hydrogen-bond donors (Lipinski definition) is 1. The zero-order valence-electron chi connectivity index (χ0n) is 15.2. The van der Waals surface area contributed by atoms with E-state index in [0.717, 1.165) is 37.6 Å². The molecule has 2 aliphatic carbocycles. The molecular weight excluding hydrogens is 322 g/mol. The molecule has 2 N–H and O–H groups in total. The van der Waals surface area contributed by atoms with E-state index in [-0.39, 0.29) is 0 Å². The summed E-state index contributed by atoms with van der Waals surface area (Å²) in [6.45, 7) is 2.13. The van der Waals surface area contributed by atoms with Gasteiger partial charge in [0.2, 0.25) is 0 Å². The van der Waals surface area contributed by atoms with E-state index in [1.165, 1.54) is 36.9 Å². The Morgan fingerprint density at radius 3 is 2.27 bits per heavy atom. The molecule has 0 aromatic carbocycles. The molecule has 0 unspecified atom stereocenters. The van der Waals surface area contributed by atoms with E-state index in [1.807, 2.05) is 12.4 Å². The molecule has 5 heteroatoms. The first-order valence-corrected chi connectivity index (χ1v) is 10.1. The van der Waals surface area contributed by atoms with Crippen LogP contribution in [0.1, 0.15) is 73.4 Å². The van der Waals surface area contributed by atoms with Gasteiger partial charge in [-0.1, -0.05) is 0 Å². The first kappa shape index (κ1) is 16.2. The zero-order valence-corrected chi connectivity index (χ0v) is 15.2. The number of nitrogens with zero attached hydrogens (tertiary/aromatic N) is 4. The number of piperidine rings is 1. The van der Waals surface area contributed by atoms with Gasteiger partial charge in [-0.2, -0.15) is 0 Å². The second-order valence-electron chi connectivity index (χ2n) is 8.25. The van der Waals surface area contributed by atoms with Crippen molar-refractivity contribution in [1.82, 2.24) is 15.0 Å². The van der Waals surface area contributed by atoms with Crippen LogP contribution in [0.3, 0.4) is 0 Å². The summed E-state index contributed by atoms with van der Waals surface area (Å²) >= 11 is 0. The molecule has 1 saturated heterocycles. The normalized spacial score (nSPS) is 26.6. The highest BCUT2D eigenvalue weighted by molar-refractivity contribution is 5.43. The Balaban J connectivity index is 1.33. The third-order valence-corrected chi connectivity index (χ3v) is 6.28. The Kier molecular flexibility index (Phi) is 4.12. The highest BCUT2D eigenvalue weighted by Gasteiger charge is 2.33. The summed E-state index contributed by atoms with van der Waals surface area (Å²) in [5, 5.41) is 0. The van der Waals surface area contributed by atoms with Gasteiger partial charge in [-0.3, -0.25) is 4.98 Å². The second kappa shape index (κ2) is 6.62. The van der Waals surface area contributed by atoms with Gasteiger partial charge in [-0.15, -0.1) is 0 Å². The topological polar surface area (TPSA) is 67.9 Å². The third-order valence-electron chi connectivity index (χ3n) is 6.28. The van der Waals surface area contributed by atoms with Crippen LogP contribution in [0.15, 0.2) is 30.6 Å². The Morgan fingerprint density at radius 1 is 0.885 bits per heavy atom. The van der Waals surface area contributed by atoms with Crippen molar-refractivity contribution in [1.29, 1.82) is 0 Å². The summed E-state index contributed by atoms with van der Waals surface area (Å²) in [5.74, 6) is 4.00. The fourth-order valence-corrected chi connectivity index (χ4v) is 4.35. The minimum Gasteiger partial charge on any atom is -0.356 e. The molecule has 3 heterocycles. The van der Waals surface area contributed by atoms with Crippen molar-refractivity contribution in [2.45, 2.75) is 62.3 Å². The van der Waals surface area contributed by atoms with Crippen LogP contribution in [-0.4, -0.2) is 34.1 Å². The van der Waals surface area contributed by atoms with Crippen molar-refractivity contribution in [3.05, 3.63) is 47.7 Å². The van der Waals surface area contributed by atoms with Crippen molar-refractivity contribution < 1.29 is 0 Å². The van der Waals surface area contributed by atoms with Crippen LogP contribution >= 0.6 is 0 Å². The van der Waals surface area contributed by atoms with E-state index >= 15 is 0 Å². The first-order chi connectivity index (χ1) is 12.8. The Bertz CT molecular complexity index is 759. The van der Waals surface area contributed by atoms with Crippen LogP contribution in [0.2, 0.25) is 0 Å². The maximum Gasteiger partial charge on any atom is 0.134 e. The lowest BCUT2D eigenvalue weighted by Gasteiger charge is -2.35. The fraction of sp³-hybridized carbons (Fsp3) is 0.571. The number of nitrogens with two attached hydrogens (primary N) is 1. The average Bonchev–Trinajstić information content (AvgIpc) is 3.51. The van der Waals surface area contributed by atoms with E-state index < -0.39 is 0 Å². The van der Waals surface area contributed by atoms with Crippen LogP contribution in [-0.2, 0) is 0 Å². The van der Waals surface area contributed by atoms with Gasteiger partial charge in [0.15, 0.2) is 0 Å². The predicted octanol–water partition coefficient (Wildman–Crippen LogP) is 3.34. The molecule has 0 spiro atoms. The number of pyridine rings is 1. The monoisotopic (exact) mass is 349 g/mol. The van der Waals surface area contributed by atoms with Gasteiger partial charge in [0, 0.05) is 55.1 Å². The van der Waals surface area contributed by atoms with Gasteiger partial charge in [-0.05, 0) is 62.1 Å². The minimum absolute atomic E-state index is 0.360. The molecule has 26 heavy (non-hydrogen) atoms. The van der Waals surface area contributed by atoms with E-state index in [2.05, 4.69) is 28.1 Å². The van der Waals surface area contributed by atoms with Gasteiger partial charge in [0.25, 0.3) is 0 Å². The van der Waals surface area contributed by atoms with Gasteiger partial charge in [-0.25, -0.2) is 9.97 Å². The number of aromatic nitrogens is 3. The molecule has 2 aromatic heterocycles. The average molecular weight is 349 g/mol. The van der Waals surface area contributed by atoms with E-state index in [4.69, 9.17) is 15.7 Å². The first-order valence-electron chi connectivity index (χ1n) is 10.1. The van der Waals surface area contributed by atoms with Crippen LogP contribution in [0.5, 0.6) is 0 Å². The van der Waals surface area contributed by atoms with Crippen LogP contribution in [0.25, 0.3) is 0 Å². The second-order valence-corrected chi connectivity index (χ2v) is 8.25. The number of hydrogen-bond acceptors (Lipinski definition) is 5. The van der Waals surface area contributed by atoms with Gasteiger partial charge < -0.3 is 10.6 Å². The third kappa shape index (κ3) is 3.20. The van der Waals surface area contributed by atoms with E-state index in [0.29, 0.717) is 23.8 Å². The van der Waals surface area contributed by atoms with Crippen molar-refractivity contribution in [3.63, 3.8) is 0 Å². The van der Waals surface area contributed by atoms with Crippen LogP contribution in [0.4, 0.5) is 5.82 Å². The van der Waals surface area contributed by atoms with Crippen LogP contribution < -0.4 is 10.6 Å². The summed E-state index contributed by atoms with van der Waals surface area (Å²) in [6, 6.07) is 6.93. The van der Waals surface area contributed by atoms with E-state index in [9.17, 15) is 0 Å². The molecule has 3 fully saturated rings. The smallest absolute Gasteiger partial charge is 0.134 e. The molecule has 1 aliphatic heterocycles. The Hall–Kier alpha value is -2.01. The number of rotatable bonds is 4. The van der Waals surface area contributed by atoms with Crippen molar-refractivity contribution >= 4 is 5.82 Å². The molecule has 0 bridgehead atoms. The maximum atomic E-state index is 6.01. The lowest BCUT2D eigenvalue weighted by Crippen LogP contribution is -2.36. The van der Waals surface area contributed by atoms with Crippen molar-refractivity contribution in [2.24, 2.45) is 5.73 Å². The fourth-order valence-electron chi connectivity index (χ4n) is 4.35. The van der Waals surface area contributed by atoms with Gasteiger partial charge in [0.05, 0.1) is 0 Å².